The molecule has 2 bridgehead atoms. The van der Waals surface area contributed by atoms with Crippen LogP contribution in [-0.2, 0) is 71.5 Å². The molecule has 5 aliphatic rings. The van der Waals surface area contributed by atoms with Gasteiger partial charge in [0.05, 0.1) is 67.4 Å². The highest BCUT2D eigenvalue weighted by Crippen LogP contribution is 2.64. The minimum absolute atomic E-state index is 0.0144. The van der Waals surface area contributed by atoms with Crippen molar-refractivity contribution in [2.75, 3.05) is 33.4 Å². The maximum Gasteiger partial charge on any atom is 0.338 e. The second-order valence-electron chi connectivity index (χ2n) is 24.4. The molecule has 10 N–H and O–H groups in total. The monoisotopic (exact) mass is 1270 g/mol. The second-order valence-corrected chi connectivity index (χ2v) is 24.4. The van der Waals surface area contributed by atoms with E-state index in [0.29, 0.717) is 0 Å². The largest absolute Gasteiger partial charge is 0.456 e. The number of aliphatic hydroxyl groups is 5. The Bertz CT molecular complexity index is 3260. The van der Waals surface area contributed by atoms with Gasteiger partial charge in [-0.25, -0.2) is 9.59 Å². The Balaban J connectivity index is 1.18. The van der Waals surface area contributed by atoms with Gasteiger partial charge >= 0.3 is 23.9 Å². The fourth-order valence-corrected chi connectivity index (χ4v) is 13.4. The van der Waals surface area contributed by atoms with Crippen LogP contribution in [0.2, 0.25) is 0 Å². The number of likely N-dealkylation sites (N-methyl/N-ethyl adjacent to an activating group) is 1. The number of esters is 4. The second kappa shape index (κ2) is 28.3. The highest BCUT2D eigenvalue weighted by molar-refractivity contribution is 5.97. The summed E-state index contributed by atoms with van der Waals surface area (Å²) in [4.78, 5) is 138. The molecule has 4 amide bonds. The van der Waals surface area contributed by atoms with Crippen LogP contribution in [0.15, 0.2) is 102 Å². The summed E-state index contributed by atoms with van der Waals surface area (Å²) in [7, 11) is 1.45. The lowest BCUT2D eigenvalue weighted by atomic mass is 9.44. The molecule has 27 nitrogen and oxygen atoms in total. The predicted octanol–water partition coefficient (Wildman–Crippen LogP) is 0.0785. The number of rotatable bonds is 23. The number of aliphatic hydroxyl groups excluding tert-OH is 4. The van der Waals surface area contributed by atoms with Gasteiger partial charge in [-0.1, -0.05) is 80.6 Å². The van der Waals surface area contributed by atoms with Gasteiger partial charge in [0, 0.05) is 50.0 Å². The minimum atomic E-state index is -2.60. The molecule has 0 radical (unpaired) electrons. The van der Waals surface area contributed by atoms with Gasteiger partial charge in [0.2, 0.25) is 17.7 Å². The molecule has 8 unspecified atom stereocenters. The lowest BCUT2D eigenvalue weighted by Crippen LogP contribution is -2.82. The van der Waals surface area contributed by atoms with Gasteiger partial charge in [-0.15, -0.1) is 0 Å². The number of hydrogen-bond donors (Lipinski definition) is 10. The van der Waals surface area contributed by atoms with E-state index in [9.17, 15) is 63.9 Å². The summed E-state index contributed by atoms with van der Waals surface area (Å²) in [6, 6.07) is 19.0. The number of carbonyl (C=O) groups excluding carboxylic acids is 10. The lowest BCUT2D eigenvalue weighted by molar-refractivity contribution is -0.346. The van der Waals surface area contributed by atoms with E-state index in [4.69, 9.17) is 33.2 Å². The molecular weight excluding hydrogens is 1190 g/mol. The number of Topliss-reactive ketones (excluding diaryl/α,β-unsaturated/α-hetero) is 2. The van der Waals surface area contributed by atoms with Crippen LogP contribution in [0.1, 0.15) is 106 Å². The van der Waals surface area contributed by atoms with Gasteiger partial charge in [0.25, 0.3) is 5.91 Å². The third-order valence-corrected chi connectivity index (χ3v) is 18.3. The molecule has 2 aliphatic heterocycles. The van der Waals surface area contributed by atoms with E-state index >= 15 is 9.59 Å². The van der Waals surface area contributed by atoms with Crippen molar-refractivity contribution in [2.24, 2.45) is 22.7 Å². The van der Waals surface area contributed by atoms with Crippen molar-refractivity contribution < 1.29 is 107 Å². The zero-order chi connectivity index (χ0) is 66.5. The molecule has 0 spiro atoms. The van der Waals surface area contributed by atoms with Gasteiger partial charge in [-0.2, -0.15) is 0 Å². The van der Waals surface area contributed by atoms with Crippen molar-refractivity contribution in [3.05, 3.63) is 119 Å². The molecule has 492 valence electrons. The molecule has 3 aliphatic carbocycles. The summed E-state index contributed by atoms with van der Waals surface area (Å²) >= 11 is 0. The fraction of sp³-hybridized carbons (Fsp3) is 0.531. The van der Waals surface area contributed by atoms with E-state index in [0.717, 1.165) is 13.8 Å². The summed E-state index contributed by atoms with van der Waals surface area (Å²) < 4.78 is 43.3. The molecule has 0 aromatic heterocycles. The number of ketones is 2. The number of amides is 4. The number of nitrogens with one attached hydrogen (secondary N) is 5. The zero-order valence-electron chi connectivity index (χ0n) is 51.6. The first-order valence-corrected chi connectivity index (χ1v) is 29.8. The highest BCUT2D eigenvalue weighted by atomic mass is 16.7. The number of benzene rings is 3. The van der Waals surface area contributed by atoms with Crippen LogP contribution in [0.3, 0.4) is 0 Å². The van der Waals surface area contributed by atoms with Crippen LogP contribution >= 0.6 is 0 Å². The van der Waals surface area contributed by atoms with Crippen LogP contribution < -0.4 is 26.6 Å². The molecule has 4 fully saturated rings. The van der Waals surface area contributed by atoms with Crippen LogP contribution in [0.25, 0.3) is 0 Å². The maximum atomic E-state index is 15.9. The molecule has 8 rings (SSSR count). The van der Waals surface area contributed by atoms with E-state index in [1.165, 1.54) is 78.1 Å². The van der Waals surface area contributed by atoms with Crippen molar-refractivity contribution >= 4 is 59.1 Å². The Hall–Kier alpha value is -7.86. The Morgan fingerprint density at radius 1 is 0.780 bits per heavy atom. The molecular formula is C64H79N5O22. The highest BCUT2D eigenvalue weighted by Gasteiger charge is 2.78. The summed E-state index contributed by atoms with van der Waals surface area (Å²) in [5.74, 6) is -11.7. The van der Waals surface area contributed by atoms with E-state index < -0.39 is 187 Å². The topological polar surface area (TPSA) is 397 Å². The smallest absolute Gasteiger partial charge is 0.338 e. The SMILES string of the molecule is CNC(CCC(=O)NCC(C)=O)C(=O)NCC(=O)NC1C(O)OC(OC(C(=O)OC2C[C@@]3(O)[C@@H](OC(=O)c4ccccc4)[C@@H]4[C@]5(OC(C)=O)CO[C@@H]5C[C@H](O)[C@@]4(C)C(=O)[C@H](OC(C)=O)C(=C2C)C3(C)C)[C@@H](NC(=O)c2ccccc2)c2ccccc2)C(O)C1CO. The van der Waals surface area contributed by atoms with Gasteiger partial charge in [0.1, 0.15) is 35.8 Å². The van der Waals surface area contributed by atoms with E-state index in [2.05, 4.69) is 26.6 Å². The maximum absolute atomic E-state index is 15.9. The number of fused-ring (bicyclic) bond motifs is 5. The summed E-state index contributed by atoms with van der Waals surface area (Å²) in [6.45, 7) is 6.89. The Morgan fingerprint density at radius 2 is 1.41 bits per heavy atom. The van der Waals surface area contributed by atoms with Crippen molar-refractivity contribution in [1.82, 2.24) is 26.6 Å². The summed E-state index contributed by atoms with van der Waals surface area (Å²) in [5.41, 5.74) is -8.42. The van der Waals surface area contributed by atoms with Gasteiger partial charge < -0.3 is 85.3 Å². The molecule has 91 heavy (non-hydrogen) atoms. The molecule has 27 heteroatoms. The van der Waals surface area contributed by atoms with Crippen LogP contribution in [0.4, 0.5) is 0 Å². The van der Waals surface area contributed by atoms with Gasteiger partial charge in [-0.3, -0.25) is 38.4 Å². The number of carbonyl (C=O) groups is 10. The third kappa shape index (κ3) is 14.0. The Morgan fingerprint density at radius 3 is 1.98 bits per heavy atom. The van der Waals surface area contributed by atoms with Crippen molar-refractivity contribution in [2.45, 2.75) is 159 Å². The first-order valence-electron chi connectivity index (χ1n) is 29.8. The Kier molecular flexibility index (Phi) is 21.5. The average molecular weight is 1270 g/mol. The third-order valence-electron chi connectivity index (χ3n) is 18.3. The van der Waals surface area contributed by atoms with E-state index in [1.54, 1.807) is 54.6 Å². The van der Waals surface area contributed by atoms with Crippen molar-refractivity contribution in [1.29, 1.82) is 0 Å². The molecule has 3 aromatic carbocycles. The van der Waals surface area contributed by atoms with Crippen LogP contribution in [0.5, 0.6) is 0 Å². The van der Waals surface area contributed by atoms with Crippen LogP contribution in [-0.4, -0.2) is 197 Å². The molecule has 17 atom stereocenters. The standard InChI is InChI=1S/C64H79N5O22/c1-32(71)28-66-44(75)25-24-40(65-8)56(80)67-29-45(76)68-48-39(30-70)49(77)60(90-58(48)82)88-51(47(36-18-12-9-13-19-36)69-55(79)37-20-14-10-15-21-37)59(83)87-41-27-64(84)54(89-57(81)38-22-16-11-17-23-38)52-62(7,42(74)26-43-63(52,31-85-43)91-35(4)73)53(78)50(86-34(3)72)46(33(41)2)61(64,5)6/h9-23,39-43,47-52,54,58,60,65,70,74,77,82,84H,24-31H2,1-8H3,(H,66,75)(H,67,80)(H,68,76)(H,69,79)/t39?,40?,41?,42-,43+,47-,48?,49?,50+,51?,52-,54-,58?,60?,62+,63-,64+/m0/s1. The van der Waals surface area contributed by atoms with Gasteiger partial charge in [0.15, 0.2) is 36.2 Å². The van der Waals surface area contributed by atoms with E-state index in [1.807, 2.05) is 0 Å². The van der Waals surface area contributed by atoms with Crippen molar-refractivity contribution in [3.8, 4) is 0 Å². The molecule has 2 heterocycles. The normalized spacial score (nSPS) is 30.7. The number of ether oxygens (including phenoxy) is 7. The van der Waals surface area contributed by atoms with E-state index in [-0.39, 0.29) is 59.4 Å². The minimum Gasteiger partial charge on any atom is -0.456 e. The first kappa shape index (κ1) is 69.0. The lowest BCUT2D eigenvalue weighted by Gasteiger charge is -2.67. The molecule has 2 saturated heterocycles. The Labute approximate surface area is 524 Å². The van der Waals surface area contributed by atoms with Crippen molar-refractivity contribution in [3.63, 3.8) is 0 Å². The predicted molar refractivity (Wildman–Crippen MR) is 315 cm³/mol. The quantitative estimate of drug-likeness (QED) is 0.0341. The average Bonchev–Trinajstić information content (AvgIpc) is 0.671. The van der Waals surface area contributed by atoms with Gasteiger partial charge in [-0.05, 0) is 75.2 Å². The zero-order valence-corrected chi connectivity index (χ0v) is 51.6. The number of hydrogen-bond acceptors (Lipinski definition) is 23. The summed E-state index contributed by atoms with van der Waals surface area (Å²) in [6.07, 6.45) is -18.3. The fourth-order valence-electron chi connectivity index (χ4n) is 13.4. The molecule has 3 aromatic rings. The van der Waals surface area contributed by atoms with Crippen LogP contribution in [0, 0.1) is 22.7 Å². The summed E-state index contributed by atoms with van der Waals surface area (Å²) in [5, 5.41) is 73.9. The molecule has 2 saturated carbocycles. The first-order chi connectivity index (χ1) is 43.0.